The van der Waals surface area contributed by atoms with E-state index in [1.807, 2.05) is 12.1 Å². The third kappa shape index (κ3) is 4.49. The zero-order valence-corrected chi connectivity index (χ0v) is 24.0. The smallest absolute Gasteiger partial charge is 0.220 e. The topological polar surface area (TPSA) is 66.4 Å². The Morgan fingerprint density at radius 2 is 1.94 bits per heavy atom. The maximum atomic E-state index is 13.1. The molecule has 1 aromatic rings. The summed E-state index contributed by atoms with van der Waals surface area (Å²) in [6.45, 7) is 9.27. The van der Waals surface area contributed by atoms with Crippen LogP contribution in [-0.4, -0.2) is 22.9 Å². The third-order valence-corrected chi connectivity index (χ3v) is 12.8. The van der Waals surface area contributed by atoms with Crippen molar-refractivity contribution in [1.82, 2.24) is 5.32 Å². The molecule has 10 atom stereocenters. The van der Waals surface area contributed by atoms with E-state index in [4.69, 9.17) is 11.6 Å². The van der Waals surface area contributed by atoms with Crippen molar-refractivity contribution in [2.24, 2.45) is 46.3 Å². The van der Waals surface area contributed by atoms with Gasteiger partial charge in [-0.05, 0) is 103 Å². The second kappa shape index (κ2) is 10.0. The molecule has 4 aliphatic carbocycles. The van der Waals surface area contributed by atoms with Crippen molar-refractivity contribution in [1.29, 1.82) is 0 Å². The summed E-state index contributed by atoms with van der Waals surface area (Å²) in [5.41, 5.74) is 0.379. The minimum absolute atomic E-state index is 0.0259. The lowest BCUT2D eigenvalue weighted by atomic mass is 9.44. The fourth-order valence-electron chi connectivity index (χ4n) is 9.57. The van der Waals surface area contributed by atoms with Crippen LogP contribution < -0.4 is 5.32 Å². The molecule has 4 nitrogen and oxygen atoms in total. The third-order valence-electron chi connectivity index (χ3n) is 11.4. The Kier molecular flexibility index (Phi) is 7.41. The molecule has 0 aliphatic heterocycles. The minimum atomic E-state index is -0.288. The molecule has 6 heteroatoms. The van der Waals surface area contributed by atoms with Gasteiger partial charge in [-0.1, -0.05) is 39.3 Å². The Labute approximate surface area is 226 Å². The maximum absolute atomic E-state index is 13.1. The number of halogens is 1. The fourth-order valence-corrected chi connectivity index (χ4v) is 10.8. The van der Waals surface area contributed by atoms with Gasteiger partial charge in [0.15, 0.2) is 0 Å². The SMILES string of the molecule is CC[C@H](NC(=O)C[C@@H](C)C1CC[C@H]2C3C(O)CC4CC(=O)CCC4(C)[C@H]3CCC12C)c1ccc(Cl)s1. The molecule has 4 fully saturated rings. The monoisotopic (exact) mass is 533 g/mol. The van der Waals surface area contributed by atoms with Crippen LogP contribution in [0.25, 0.3) is 0 Å². The van der Waals surface area contributed by atoms with Crippen LogP contribution in [0.3, 0.4) is 0 Å². The minimum Gasteiger partial charge on any atom is -0.393 e. The zero-order chi connectivity index (χ0) is 25.8. The van der Waals surface area contributed by atoms with Crippen LogP contribution in [-0.2, 0) is 9.59 Å². The Balaban J connectivity index is 1.27. The summed E-state index contributed by atoms with van der Waals surface area (Å²) in [4.78, 5) is 26.5. The van der Waals surface area contributed by atoms with Crippen molar-refractivity contribution in [3.8, 4) is 0 Å². The molecule has 0 saturated heterocycles. The number of hydrogen-bond acceptors (Lipinski definition) is 4. The van der Waals surface area contributed by atoms with Gasteiger partial charge in [0.2, 0.25) is 5.91 Å². The van der Waals surface area contributed by atoms with Gasteiger partial charge in [-0.3, -0.25) is 9.59 Å². The van der Waals surface area contributed by atoms with Crippen molar-refractivity contribution in [3.63, 3.8) is 0 Å². The quantitative estimate of drug-likeness (QED) is 0.406. The molecule has 200 valence electrons. The van der Waals surface area contributed by atoms with E-state index in [1.54, 1.807) is 11.3 Å². The van der Waals surface area contributed by atoms with Gasteiger partial charge >= 0.3 is 0 Å². The van der Waals surface area contributed by atoms with E-state index in [0.717, 1.165) is 54.2 Å². The average Bonchev–Trinajstić information content (AvgIpc) is 3.41. The Morgan fingerprint density at radius 1 is 1.19 bits per heavy atom. The van der Waals surface area contributed by atoms with Crippen LogP contribution in [0.15, 0.2) is 12.1 Å². The molecular weight excluding hydrogens is 490 g/mol. The predicted molar refractivity (Wildman–Crippen MR) is 146 cm³/mol. The van der Waals surface area contributed by atoms with Crippen molar-refractivity contribution in [3.05, 3.63) is 21.3 Å². The highest BCUT2D eigenvalue weighted by atomic mass is 35.5. The Hall–Kier alpha value is -0.910. The number of nitrogens with one attached hydrogen (secondary N) is 1. The van der Waals surface area contributed by atoms with Crippen LogP contribution in [0.2, 0.25) is 4.34 Å². The van der Waals surface area contributed by atoms with Gasteiger partial charge in [0.1, 0.15) is 5.78 Å². The highest BCUT2D eigenvalue weighted by Crippen LogP contribution is 2.68. The lowest BCUT2D eigenvalue weighted by Gasteiger charge is -2.61. The standard InChI is InChI=1S/C30H44ClNO3S/c1-5-23(25-8-9-26(31)36-25)32-27(35)14-17(2)20-6-7-21-28-22(11-13-30(20,21)4)29(3)12-10-19(33)15-18(29)16-24(28)34/h8-9,17-18,20-24,28,34H,5-7,10-16H2,1-4H3,(H,32,35)/t17-,18?,20?,21+,22+,23+,24?,28?,29?,30?/m1/s1. The summed E-state index contributed by atoms with van der Waals surface area (Å²) in [6.07, 6.45) is 8.97. The molecule has 1 heterocycles. The molecule has 1 aromatic heterocycles. The van der Waals surface area contributed by atoms with E-state index in [9.17, 15) is 14.7 Å². The van der Waals surface area contributed by atoms with Gasteiger partial charge < -0.3 is 10.4 Å². The Bertz CT molecular complexity index is 995. The van der Waals surface area contributed by atoms with Gasteiger partial charge in [-0.2, -0.15) is 0 Å². The summed E-state index contributed by atoms with van der Waals surface area (Å²) in [6, 6.07) is 3.95. The van der Waals surface area contributed by atoms with Crippen LogP contribution in [0.1, 0.15) is 103 Å². The van der Waals surface area contributed by atoms with Crippen LogP contribution in [0, 0.1) is 46.3 Å². The first kappa shape index (κ1) is 26.7. The lowest BCUT2D eigenvalue weighted by molar-refractivity contribution is -0.169. The molecule has 36 heavy (non-hydrogen) atoms. The lowest BCUT2D eigenvalue weighted by Crippen LogP contribution is -2.58. The predicted octanol–water partition coefficient (Wildman–Crippen LogP) is 7.19. The van der Waals surface area contributed by atoms with E-state index >= 15 is 0 Å². The average molecular weight is 534 g/mol. The molecule has 0 radical (unpaired) electrons. The van der Waals surface area contributed by atoms with Crippen molar-refractivity contribution in [2.75, 3.05) is 0 Å². The number of aliphatic hydroxyl groups is 1. The summed E-state index contributed by atoms with van der Waals surface area (Å²) in [7, 11) is 0. The van der Waals surface area contributed by atoms with Gasteiger partial charge in [-0.15, -0.1) is 11.3 Å². The van der Waals surface area contributed by atoms with E-state index in [0.29, 0.717) is 54.1 Å². The molecule has 0 aromatic carbocycles. The van der Waals surface area contributed by atoms with Crippen LogP contribution >= 0.6 is 22.9 Å². The van der Waals surface area contributed by atoms with Gasteiger partial charge in [0.25, 0.3) is 0 Å². The second-order valence-electron chi connectivity index (χ2n) is 13.1. The van der Waals surface area contributed by atoms with E-state index < -0.39 is 0 Å². The first-order valence-electron chi connectivity index (χ1n) is 14.3. The van der Waals surface area contributed by atoms with Crippen LogP contribution in [0.5, 0.6) is 0 Å². The van der Waals surface area contributed by atoms with Crippen molar-refractivity contribution in [2.45, 2.75) is 104 Å². The van der Waals surface area contributed by atoms with E-state index in [2.05, 4.69) is 33.0 Å². The second-order valence-corrected chi connectivity index (χ2v) is 14.9. The number of ketones is 1. The number of hydrogen-bond donors (Lipinski definition) is 2. The summed E-state index contributed by atoms with van der Waals surface area (Å²) in [5.74, 6) is 3.10. The number of Topliss-reactive ketones (excluding diaryl/α,β-unsaturated/α-hetero) is 1. The Morgan fingerprint density at radius 3 is 2.64 bits per heavy atom. The van der Waals surface area contributed by atoms with Crippen LogP contribution in [0.4, 0.5) is 0 Å². The number of fused-ring (bicyclic) bond motifs is 5. The number of amides is 1. The van der Waals surface area contributed by atoms with E-state index in [1.165, 1.54) is 6.42 Å². The number of carbonyl (C=O) groups excluding carboxylic acids is 2. The number of aliphatic hydroxyl groups excluding tert-OH is 1. The highest BCUT2D eigenvalue weighted by Gasteiger charge is 2.62. The molecule has 6 unspecified atom stereocenters. The molecule has 4 saturated carbocycles. The highest BCUT2D eigenvalue weighted by molar-refractivity contribution is 7.16. The number of carbonyl (C=O) groups is 2. The van der Waals surface area contributed by atoms with Gasteiger partial charge in [0.05, 0.1) is 16.5 Å². The van der Waals surface area contributed by atoms with Crippen molar-refractivity contribution < 1.29 is 14.7 Å². The molecule has 2 N–H and O–H groups in total. The summed E-state index contributed by atoms with van der Waals surface area (Å²) in [5, 5.41) is 14.7. The number of thiophene rings is 1. The number of rotatable bonds is 6. The molecule has 0 spiro atoms. The van der Waals surface area contributed by atoms with Gasteiger partial charge in [-0.25, -0.2) is 0 Å². The molecule has 0 bridgehead atoms. The zero-order valence-electron chi connectivity index (χ0n) is 22.4. The maximum Gasteiger partial charge on any atom is 0.220 e. The first-order valence-corrected chi connectivity index (χ1v) is 15.5. The summed E-state index contributed by atoms with van der Waals surface area (Å²) >= 11 is 7.68. The van der Waals surface area contributed by atoms with Gasteiger partial charge in [0, 0.05) is 24.1 Å². The van der Waals surface area contributed by atoms with E-state index in [-0.39, 0.29) is 28.9 Å². The fraction of sp³-hybridized carbons (Fsp3) is 0.800. The largest absolute Gasteiger partial charge is 0.393 e. The molecular formula is C30H44ClNO3S. The van der Waals surface area contributed by atoms with Crippen molar-refractivity contribution >= 4 is 34.6 Å². The molecule has 4 aliphatic rings. The molecule has 5 rings (SSSR count). The summed E-state index contributed by atoms with van der Waals surface area (Å²) < 4.78 is 0.761. The molecule has 1 amide bonds. The normalized spacial score (nSPS) is 41.7. The first-order chi connectivity index (χ1) is 17.1.